The molecule has 0 N–H and O–H groups in total. The van der Waals surface area contributed by atoms with Gasteiger partial charge < -0.3 is 0 Å². The van der Waals surface area contributed by atoms with E-state index >= 15 is 0 Å². The molecule has 0 amide bonds. The molecule has 0 aliphatic heterocycles. The Morgan fingerprint density at radius 3 is 1.46 bits per heavy atom. The molecule has 0 unspecified atom stereocenters. The van der Waals surface area contributed by atoms with Gasteiger partial charge in [0.15, 0.2) is 0 Å². The van der Waals surface area contributed by atoms with Gasteiger partial charge in [-0.25, -0.2) is 0 Å². The molecule has 0 aromatic rings. The van der Waals surface area contributed by atoms with Crippen LogP contribution in [0.3, 0.4) is 0 Å². The standard InChI is InChI=1S/C16H30S.C12H22.C6H12.C2H6/c1-7-9-16(8-2)10-15(6,11-16)12-17-14(5)13(3)4;1-6-11(5)8-12(7-2,9-11)10(3)4;1-5(2)6(3)4;1-2/h13H,5,7-12H2,1-4,6H3;3,6-9H2,1-2,4-5H3;6H,1H2,2-4H3;1-2H3. The molecular weight excluding hydrogens is 464 g/mol. The minimum absolute atomic E-state index is 0.505. The van der Waals surface area contributed by atoms with Crippen molar-refractivity contribution in [3.63, 3.8) is 0 Å². The molecule has 0 saturated heterocycles. The minimum Gasteiger partial charge on any atom is -0.130 e. The van der Waals surface area contributed by atoms with Crippen LogP contribution in [-0.4, -0.2) is 5.75 Å². The quantitative estimate of drug-likeness (QED) is 0.237. The summed E-state index contributed by atoms with van der Waals surface area (Å²) in [6, 6.07) is 0. The highest BCUT2D eigenvalue weighted by Crippen LogP contribution is 2.61. The summed E-state index contributed by atoms with van der Waals surface area (Å²) in [4.78, 5) is 1.36. The van der Waals surface area contributed by atoms with Crippen LogP contribution in [0.5, 0.6) is 0 Å². The van der Waals surface area contributed by atoms with Crippen LogP contribution < -0.4 is 0 Å². The van der Waals surface area contributed by atoms with Crippen molar-refractivity contribution in [3.05, 3.63) is 35.8 Å². The van der Waals surface area contributed by atoms with Crippen molar-refractivity contribution in [2.45, 2.75) is 155 Å². The highest BCUT2D eigenvalue weighted by Gasteiger charge is 2.50. The van der Waals surface area contributed by atoms with Crippen molar-refractivity contribution in [1.29, 1.82) is 0 Å². The van der Waals surface area contributed by atoms with Crippen LogP contribution >= 0.6 is 11.8 Å². The molecule has 0 aromatic heterocycles. The Balaban J connectivity index is 0. The van der Waals surface area contributed by atoms with Crippen LogP contribution in [-0.2, 0) is 0 Å². The molecule has 1 heteroatoms. The maximum atomic E-state index is 4.17. The van der Waals surface area contributed by atoms with Crippen LogP contribution in [0.2, 0.25) is 0 Å². The Kier molecular flexibility index (Phi) is 18.1. The summed E-state index contributed by atoms with van der Waals surface area (Å²) in [5.41, 5.74) is 5.04. The lowest BCUT2D eigenvalue weighted by Gasteiger charge is -2.55. The van der Waals surface area contributed by atoms with E-state index in [0.717, 1.165) is 0 Å². The van der Waals surface area contributed by atoms with Gasteiger partial charge in [-0.3, -0.25) is 0 Å². The molecular formula is C36H70S. The van der Waals surface area contributed by atoms with E-state index in [1.807, 2.05) is 32.5 Å². The van der Waals surface area contributed by atoms with E-state index in [1.54, 1.807) is 0 Å². The summed E-state index contributed by atoms with van der Waals surface area (Å²) < 4.78 is 0. The summed E-state index contributed by atoms with van der Waals surface area (Å²) in [6.45, 7) is 43.2. The van der Waals surface area contributed by atoms with Crippen molar-refractivity contribution in [2.24, 2.45) is 33.5 Å². The van der Waals surface area contributed by atoms with Gasteiger partial charge in [-0.05, 0) is 90.8 Å². The fourth-order valence-corrected chi connectivity index (χ4v) is 7.19. The maximum absolute atomic E-state index is 4.17. The molecule has 37 heavy (non-hydrogen) atoms. The molecule has 0 bridgehead atoms. The van der Waals surface area contributed by atoms with E-state index in [2.05, 4.69) is 95.9 Å². The lowest BCUT2D eigenvalue weighted by Crippen LogP contribution is -2.46. The predicted octanol–water partition coefficient (Wildman–Crippen LogP) is 13.3. The largest absolute Gasteiger partial charge is 0.130 e. The molecule has 0 atom stereocenters. The molecule has 2 aliphatic rings. The number of rotatable bonds is 11. The molecule has 2 saturated carbocycles. The van der Waals surface area contributed by atoms with E-state index in [-0.39, 0.29) is 0 Å². The van der Waals surface area contributed by atoms with Crippen LogP contribution in [0.25, 0.3) is 0 Å². The molecule has 0 aromatic carbocycles. The highest BCUT2D eigenvalue weighted by atomic mass is 32.2. The zero-order valence-corrected chi connectivity index (χ0v) is 29.1. The zero-order chi connectivity index (χ0) is 29.7. The number of hydrogen-bond donors (Lipinski definition) is 0. The van der Waals surface area contributed by atoms with Crippen molar-refractivity contribution in [3.8, 4) is 0 Å². The molecule has 2 aliphatic carbocycles. The molecule has 2 fully saturated rings. The molecule has 220 valence electrons. The van der Waals surface area contributed by atoms with Gasteiger partial charge in [0.05, 0.1) is 0 Å². The Hall–Kier alpha value is -0.430. The predicted molar refractivity (Wildman–Crippen MR) is 178 cm³/mol. The summed E-state index contributed by atoms with van der Waals surface area (Å²) >= 11 is 2.00. The minimum atomic E-state index is 0.505. The molecule has 2 rings (SSSR count). The third-order valence-corrected chi connectivity index (χ3v) is 11.0. The Labute approximate surface area is 241 Å². The van der Waals surface area contributed by atoms with E-state index in [1.165, 1.54) is 79.6 Å². The van der Waals surface area contributed by atoms with Crippen molar-refractivity contribution >= 4 is 11.8 Å². The van der Waals surface area contributed by atoms with Crippen LogP contribution in [0, 0.1) is 33.5 Å². The monoisotopic (exact) mass is 535 g/mol. The first kappa shape index (κ1) is 38.7. The smallest absolute Gasteiger partial charge is 0.00311 e. The first-order valence-corrected chi connectivity index (χ1v) is 16.6. The summed E-state index contributed by atoms with van der Waals surface area (Å²) in [7, 11) is 0. The van der Waals surface area contributed by atoms with E-state index in [4.69, 9.17) is 0 Å². The van der Waals surface area contributed by atoms with Crippen LogP contribution in [0.4, 0.5) is 0 Å². The molecule has 0 spiro atoms. The Morgan fingerprint density at radius 1 is 0.730 bits per heavy atom. The maximum Gasteiger partial charge on any atom is 0.00311 e. The van der Waals surface area contributed by atoms with Crippen molar-refractivity contribution in [1.82, 2.24) is 0 Å². The van der Waals surface area contributed by atoms with Gasteiger partial charge in [-0.15, -0.1) is 11.8 Å². The SMILES string of the molecule is C=C(C)C(C)C.C=C(C)C1(CC)CC(C)(CC)C1.C=C(SCC1(C)CC(CC)(CCC)C1)C(C)C.CC. The first-order valence-electron chi connectivity index (χ1n) is 15.6. The molecule has 0 nitrogen and oxygen atoms in total. The van der Waals surface area contributed by atoms with Crippen LogP contribution in [0.15, 0.2) is 35.8 Å². The summed E-state index contributed by atoms with van der Waals surface area (Å²) in [6.07, 6.45) is 12.3. The third-order valence-electron chi connectivity index (χ3n) is 9.34. The van der Waals surface area contributed by atoms with Gasteiger partial charge in [-0.1, -0.05) is 133 Å². The number of allylic oxidation sites excluding steroid dienone is 3. The Morgan fingerprint density at radius 2 is 1.19 bits per heavy atom. The van der Waals surface area contributed by atoms with E-state index < -0.39 is 0 Å². The van der Waals surface area contributed by atoms with Crippen molar-refractivity contribution in [2.75, 3.05) is 5.75 Å². The van der Waals surface area contributed by atoms with Gasteiger partial charge in [0, 0.05) is 5.75 Å². The fourth-order valence-electron chi connectivity index (χ4n) is 6.11. The highest BCUT2D eigenvalue weighted by molar-refractivity contribution is 8.03. The van der Waals surface area contributed by atoms with E-state index in [0.29, 0.717) is 33.5 Å². The van der Waals surface area contributed by atoms with Crippen molar-refractivity contribution < 1.29 is 0 Å². The lowest BCUT2D eigenvalue weighted by molar-refractivity contribution is -0.0203. The normalized spacial score (nSPS) is 29.8. The van der Waals surface area contributed by atoms with Gasteiger partial charge in [0.25, 0.3) is 0 Å². The van der Waals surface area contributed by atoms with Gasteiger partial charge in [0.2, 0.25) is 0 Å². The van der Waals surface area contributed by atoms with Crippen LogP contribution in [0.1, 0.15) is 155 Å². The first-order chi connectivity index (χ1) is 17.0. The van der Waals surface area contributed by atoms with Gasteiger partial charge in [0.1, 0.15) is 0 Å². The zero-order valence-electron chi connectivity index (χ0n) is 28.3. The molecule has 0 heterocycles. The van der Waals surface area contributed by atoms with E-state index in [9.17, 15) is 0 Å². The average Bonchev–Trinajstić information content (AvgIpc) is 2.81. The van der Waals surface area contributed by atoms with Gasteiger partial charge >= 0.3 is 0 Å². The second-order valence-corrected chi connectivity index (χ2v) is 14.7. The lowest BCUT2D eigenvalue weighted by atomic mass is 9.49. The molecule has 0 radical (unpaired) electrons. The third kappa shape index (κ3) is 12.5. The fraction of sp³-hybridized carbons (Fsp3) is 0.833. The second-order valence-electron chi connectivity index (χ2n) is 13.6. The average molecular weight is 535 g/mol. The summed E-state index contributed by atoms with van der Waals surface area (Å²) in [5, 5.41) is 0. The number of thioether (sulfide) groups is 1. The second kappa shape index (κ2) is 17.3. The Bertz CT molecular complexity index is 665. The number of hydrogen-bond acceptors (Lipinski definition) is 1. The summed E-state index contributed by atoms with van der Waals surface area (Å²) in [5.74, 6) is 2.55. The topological polar surface area (TPSA) is 0 Å². The van der Waals surface area contributed by atoms with Gasteiger partial charge in [-0.2, -0.15) is 0 Å².